The summed E-state index contributed by atoms with van der Waals surface area (Å²) in [6, 6.07) is 20.7. The van der Waals surface area contributed by atoms with Gasteiger partial charge in [0.05, 0.1) is 0 Å². The van der Waals surface area contributed by atoms with Crippen molar-refractivity contribution in [3.63, 3.8) is 0 Å². The Balaban J connectivity index is 1.60. The van der Waals surface area contributed by atoms with Crippen LogP contribution in [0.2, 0.25) is 0 Å². The SMILES string of the molecule is Cc1cccc2c1Cc1cc3c(cc1C2)Cc1ccccc1C3. The van der Waals surface area contributed by atoms with Gasteiger partial charge in [0.1, 0.15) is 0 Å². The van der Waals surface area contributed by atoms with Gasteiger partial charge in [0, 0.05) is 0 Å². The van der Waals surface area contributed by atoms with Crippen LogP contribution in [0.3, 0.4) is 0 Å². The molecule has 5 rings (SSSR count). The second kappa shape index (κ2) is 4.83. The van der Waals surface area contributed by atoms with Crippen LogP contribution < -0.4 is 0 Å². The molecule has 3 aromatic rings. The third kappa shape index (κ3) is 2.05. The molecule has 0 fully saturated rings. The second-order valence-electron chi connectivity index (χ2n) is 7.08. The maximum atomic E-state index is 2.50. The van der Waals surface area contributed by atoms with Crippen LogP contribution in [0.1, 0.15) is 50.1 Å². The minimum atomic E-state index is 1.10. The molecule has 0 aromatic heterocycles. The molecule has 0 saturated carbocycles. The molecule has 0 aliphatic heterocycles. The molecule has 0 saturated heterocycles. The van der Waals surface area contributed by atoms with Crippen molar-refractivity contribution in [1.29, 1.82) is 0 Å². The molecular weight excluding hydrogens is 276 g/mol. The summed E-state index contributed by atoms with van der Waals surface area (Å²) in [6.07, 6.45) is 4.40. The fraction of sp³-hybridized carbons (Fsp3) is 0.217. The molecule has 0 spiro atoms. The van der Waals surface area contributed by atoms with Crippen LogP contribution in [0.25, 0.3) is 0 Å². The van der Waals surface area contributed by atoms with E-state index in [9.17, 15) is 0 Å². The van der Waals surface area contributed by atoms with Crippen LogP contribution in [-0.4, -0.2) is 0 Å². The first-order chi connectivity index (χ1) is 11.3. The van der Waals surface area contributed by atoms with Crippen molar-refractivity contribution < 1.29 is 0 Å². The second-order valence-corrected chi connectivity index (χ2v) is 7.08. The molecule has 0 atom stereocenters. The third-order valence-corrected chi connectivity index (χ3v) is 5.66. The Labute approximate surface area is 137 Å². The predicted molar refractivity (Wildman–Crippen MR) is 95.3 cm³/mol. The number of fused-ring (bicyclic) bond motifs is 4. The van der Waals surface area contributed by atoms with Crippen molar-refractivity contribution in [2.45, 2.75) is 32.6 Å². The molecular formula is C23H20. The van der Waals surface area contributed by atoms with E-state index >= 15 is 0 Å². The Morgan fingerprint density at radius 3 is 1.70 bits per heavy atom. The first-order valence-corrected chi connectivity index (χ1v) is 8.55. The largest absolute Gasteiger partial charge is 0.0620 e. The Morgan fingerprint density at radius 2 is 1.04 bits per heavy atom. The smallest absolute Gasteiger partial charge is 0.00173 e. The van der Waals surface area contributed by atoms with E-state index in [-0.39, 0.29) is 0 Å². The number of hydrogen-bond donors (Lipinski definition) is 0. The van der Waals surface area contributed by atoms with E-state index in [1.807, 2.05) is 0 Å². The maximum Gasteiger partial charge on any atom is -0.00173 e. The summed E-state index contributed by atoms with van der Waals surface area (Å²) in [4.78, 5) is 0. The molecule has 0 heterocycles. The van der Waals surface area contributed by atoms with Crippen molar-refractivity contribution in [3.8, 4) is 0 Å². The highest BCUT2D eigenvalue weighted by atomic mass is 14.3. The highest BCUT2D eigenvalue weighted by molar-refractivity contribution is 5.54. The number of hydrogen-bond acceptors (Lipinski definition) is 0. The molecule has 2 aliphatic carbocycles. The van der Waals surface area contributed by atoms with E-state index in [4.69, 9.17) is 0 Å². The average Bonchev–Trinajstić information content (AvgIpc) is 2.57. The first-order valence-electron chi connectivity index (χ1n) is 8.55. The molecule has 0 unspecified atom stereocenters. The highest BCUT2D eigenvalue weighted by Gasteiger charge is 2.21. The molecule has 0 heteroatoms. The molecule has 0 nitrogen and oxygen atoms in total. The van der Waals surface area contributed by atoms with Crippen LogP contribution in [0, 0.1) is 6.92 Å². The fourth-order valence-corrected chi connectivity index (χ4v) is 4.34. The van der Waals surface area contributed by atoms with Gasteiger partial charge >= 0.3 is 0 Å². The zero-order chi connectivity index (χ0) is 15.4. The lowest BCUT2D eigenvalue weighted by molar-refractivity contribution is 0.939. The van der Waals surface area contributed by atoms with Gasteiger partial charge in [0.25, 0.3) is 0 Å². The van der Waals surface area contributed by atoms with E-state index in [0.717, 1.165) is 25.7 Å². The summed E-state index contributed by atoms with van der Waals surface area (Å²) in [6.45, 7) is 2.25. The molecule has 3 aromatic carbocycles. The fourth-order valence-electron chi connectivity index (χ4n) is 4.34. The zero-order valence-corrected chi connectivity index (χ0v) is 13.5. The van der Waals surface area contributed by atoms with E-state index < -0.39 is 0 Å². The normalized spacial score (nSPS) is 14.5. The molecule has 0 radical (unpaired) electrons. The maximum absolute atomic E-state index is 2.50. The van der Waals surface area contributed by atoms with E-state index in [2.05, 4.69) is 61.5 Å². The van der Waals surface area contributed by atoms with Crippen LogP contribution in [-0.2, 0) is 25.7 Å². The lowest BCUT2D eigenvalue weighted by Gasteiger charge is -2.26. The zero-order valence-electron chi connectivity index (χ0n) is 13.5. The quantitative estimate of drug-likeness (QED) is 0.378. The van der Waals surface area contributed by atoms with Gasteiger partial charge in [-0.15, -0.1) is 0 Å². The van der Waals surface area contributed by atoms with Gasteiger partial charge in [0.15, 0.2) is 0 Å². The molecule has 0 amide bonds. The van der Waals surface area contributed by atoms with Gasteiger partial charge in [-0.25, -0.2) is 0 Å². The van der Waals surface area contributed by atoms with Gasteiger partial charge in [-0.05, 0) is 82.7 Å². The van der Waals surface area contributed by atoms with Crippen LogP contribution in [0.5, 0.6) is 0 Å². The van der Waals surface area contributed by atoms with Crippen LogP contribution in [0.15, 0.2) is 54.6 Å². The van der Waals surface area contributed by atoms with Crippen molar-refractivity contribution in [1.82, 2.24) is 0 Å². The Morgan fingerprint density at radius 1 is 0.522 bits per heavy atom. The van der Waals surface area contributed by atoms with Crippen molar-refractivity contribution in [2.75, 3.05) is 0 Å². The molecule has 2 aliphatic rings. The lowest BCUT2D eigenvalue weighted by Crippen LogP contribution is -2.14. The summed E-state index contributed by atoms with van der Waals surface area (Å²) in [5.41, 5.74) is 13.7. The molecule has 23 heavy (non-hydrogen) atoms. The Hall–Kier alpha value is -2.34. The minimum absolute atomic E-state index is 1.10. The first kappa shape index (κ1) is 13.1. The predicted octanol–water partition coefficient (Wildman–Crippen LogP) is 4.99. The molecule has 0 N–H and O–H groups in total. The lowest BCUT2D eigenvalue weighted by atomic mass is 9.78. The monoisotopic (exact) mass is 296 g/mol. The van der Waals surface area contributed by atoms with Gasteiger partial charge < -0.3 is 0 Å². The summed E-state index contributed by atoms with van der Waals surface area (Å²) in [5, 5.41) is 0. The van der Waals surface area contributed by atoms with Gasteiger partial charge in [-0.3, -0.25) is 0 Å². The van der Waals surface area contributed by atoms with Crippen molar-refractivity contribution >= 4 is 0 Å². The van der Waals surface area contributed by atoms with Crippen LogP contribution >= 0.6 is 0 Å². The summed E-state index contributed by atoms with van der Waals surface area (Å²) in [5.74, 6) is 0. The number of aryl methyl sites for hydroxylation is 1. The van der Waals surface area contributed by atoms with Crippen LogP contribution in [0.4, 0.5) is 0 Å². The average molecular weight is 296 g/mol. The van der Waals surface area contributed by atoms with E-state index in [0.29, 0.717) is 0 Å². The summed E-state index contributed by atoms with van der Waals surface area (Å²) in [7, 11) is 0. The summed E-state index contributed by atoms with van der Waals surface area (Å²) >= 11 is 0. The topological polar surface area (TPSA) is 0 Å². The van der Waals surface area contributed by atoms with Gasteiger partial charge in [0.2, 0.25) is 0 Å². The molecule has 112 valence electrons. The minimum Gasteiger partial charge on any atom is -0.0620 e. The number of rotatable bonds is 0. The standard InChI is InChI=1S/C23H20/c1-15-5-4-8-18-11-21-12-19-9-16-6-2-3-7-17(16)10-20(19)13-22(21)14-23(15)18/h2-8,12-13H,9-11,14H2,1H3. The van der Waals surface area contributed by atoms with Gasteiger partial charge in [-0.2, -0.15) is 0 Å². The van der Waals surface area contributed by atoms with Crippen molar-refractivity contribution in [2.24, 2.45) is 0 Å². The number of benzene rings is 3. The van der Waals surface area contributed by atoms with Gasteiger partial charge in [-0.1, -0.05) is 54.6 Å². The Bertz CT molecular complexity index is 931. The van der Waals surface area contributed by atoms with E-state index in [1.54, 1.807) is 27.8 Å². The highest BCUT2D eigenvalue weighted by Crippen LogP contribution is 2.34. The third-order valence-electron chi connectivity index (χ3n) is 5.66. The van der Waals surface area contributed by atoms with Crippen molar-refractivity contribution in [3.05, 3.63) is 105 Å². The molecule has 0 bridgehead atoms. The Kier molecular flexibility index (Phi) is 2.76. The summed E-state index contributed by atoms with van der Waals surface area (Å²) < 4.78 is 0. The van der Waals surface area contributed by atoms with E-state index in [1.165, 1.54) is 22.3 Å².